The molecule has 0 unspecified atom stereocenters. The van der Waals surface area contributed by atoms with Crippen molar-refractivity contribution in [1.82, 2.24) is 4.98 Å². The van der Waals surface area contributed by atoms with E-state index in [1.807, 2.05) is 12.1 Å². The number of hydrogen-bond acceptors (Lipinski definition) is 4. The molecule has 146 valence electrons. The number of anilines is 1. The third kappa shape index (κ3) is 4.06. The first-order valence-corrected chi connectivity index (χ1v) is 9.31. The Balaban J connectivity index is 1.82. The Morgan fingerprint density at radius 3 is 2.48 bits per heavy atom. The number of piperazine rings is 1. The van der Waals surface area contributed by atoms with Gasteiger partial charge in [0.1, 0.15) is 37.6 Å². The summed E-state index contributed by atoms with van der Waals surface area (Å²) in [6, 6.07) is 5.45. The highest BCUT2D eigenvalue weighted by molar-refractivity contribution is 6.13. The number of amides is 1. The van der Waals surface area contributed by atoms with Crippen LogP contribution in [0.15, 0.2) is 18.2 Å². The highest BCUT2D eigenvalue weighted by atomic mass is 16.5. The SMILES string of the molecule is CC[NH+]1CC[NH+](CC(=O)Nc2c(C(=O)OC)[nH]c3cccc(OC)c23)CC1. The van der Waals surface area contributed by atoms with Crippen molar-refractivity contribution in [2.75, 3.05) is 58.8 Å². The molecule has 2 heterocycles. The van der Waals surface area contributed by atoms with Gasteiger partial charge >= 0.3 is 5.97 Å². The average Bonchev–Trinajstić information content (AvgIpc) is 3.06. The molecule has 4 N–H and O–H groups in total. The molecule has 0 bridgehead atoms. The largest absolute Gasteiger partial charge is 0.496 e. The van der Waals surface area contributed by atoms with Crippen LogP contribution in [0.5, 0.6) is 5.75 Å². The van der Waals surface area contributed by atoms with Gasteiger partial charge in [-0.1, -0.05) is 6.07 Å². The van der Waals surface area contributed by atoms with Gasteiger partial charge in [-0.25, -0.2) is 4.79 Å². The molecule has 2 aromatic rings. The Morgan fingerprint density at radius 2 is 1.85 bits per heavy atom. The van der Waals surface area contributed by atoms with E-state index >= 15 is 0 Å². The third-order valence-corrected chi connectivity index (χ3v) is 5.23. The second-order valence-corrected chi connectivity index (χ2v) is 6.83. The molecule has 0 spiro atoms. The fourth-order valence-electron chi connectivity index (χ4n) is 3.66. The molecule has 0 saturated carbocycles. The summed E-state index contributed by atoms with van der Waals surface area (Å²) in [5.41, 5.74) is 1.34. The molecule has 1 amide bonds. The number of quaternary nitrogens is 2. The summed E-state index contributed by atoms with van der Waals surface area (Å²) in [5, 5.41) is 3.59. The molecule has 1 aliphatic rings. The summed E-state index contributed by atoms with van der Waals surface area (Å²) in [6.45, 7) is 7.78. The van der Waals surface area contributed by atoms with Crippen LogP contribution in [0.3, 0.4) is 0 Å². The lowest BCUT2D eigenvalue weighted by Gasteiger charge is -2.28. The van der Waals surface area contributed by atoms with Gasteiger partial charge in [0.15, 0.2) is 6.54 Å². The van der Waals surface area contributed by atoms with Gasteiger partial charge in [-0.15, -0.1) is 0 Å². The Kier molecular flexibility index (Phi) is 5.98. The number of carbonyl (C=O) groups excluding carboxylic acids is 2. The maximum absolute atomic E-state index is 12.7. The first-order chi connectivity index (χ1) is 13.1. The minimum atomic E-state index is -0.531. The van der Waals surface area contributed by atoms with Gasteiger partial charge < -0.3 is 29.6 Å². The number of methoxy groups -OCH3 is 2. The van der Waals surface area contributed by atoms with Crippen molar-refractivity contribution >= 4 is 28.5 Å². The molecule has 1 aliphatic heterocycles. The quantitative estimate of drug-likeness (QED) is 0.472. The standard InChI is InChI=1S/C19H26N4O4/c1-4-22-8-10-23(11-9-22)12-15(24)21-17-16-13(6-5-7-14(16)26-2)20-18(17)19(25)27-3/h5-7,20H,4,8-12H2,1-3H3,(H,21,24)/p+2. The predicted octanol–water partition coefficient (Wildman–Crippen LogP) is -1.30. The maximum Gasteiger partial charge on any atom is 0.356 e. The molecule has 3 rings (SSSR count). The molecule has 0 aliphatic carbocycles. The van der Waals surface area contributed by atoms with Gasteiger partial charge in [0.2, 0.25) is 0 Å². The number of carbonyl (C=O) groups is 2. The normalized spacial score (nSPS) is 19.7. The van der Waals surface area contributed by atoms with E-state index in [2.05, 4.69) is 17.2 Å². The molecule has 0 atom stereocenters. The molecule has 8 heteroatoms. The van der Waals surface area contributed by atoms with Crippen molar-refractivity contribution in [2.45, 2.75) is 6.92 Å². The van der Waals surface area contributed by atoms with Crippen LogP contribution >= 0.6 is 0 Å². The number of aromatic amines is 1. The first-order valence-electron chi connectivity index (χ1n) is 9.31. The summed E-state index contributed by atoms with van der Waals surface area (Å²) < 4.78 is 10.3. The van der Waals surface area contributed by atoms with Crippen molar-refractivity contribution in [2.24, 2.45) is 0 Å². The van der Waals surface area contributed by atoms with Crippen LogP contribution in [0.1, 0.15) is 17.4 Å². The number of H-pyrrole nitrogens is 1. The van der Waals surface area contributed by atoms with Crippen molar-refractivity contribution in [3.63, 3.8) is 0 Å². The minimum Gasteiger partial charge on any atom is -0.496 e. The van der Waals surface area contributed by atoms with Crippen LogP contribution in [0.4, 0.5) is 5.69 Å². The number of aromatic nitrogens is 1. The molecular formula is C19H28N4O4+2. The zero-order valence-corrected chi connectivity index (χ0v) is 16.1. The smallest absolute Gasteiger partial charge is 0.356 e. The van der Waals surface area contributed by atoms with E-state index in [9.17, 15) is 9.59 Å². The number of fused-ring (bicyclic) bond motifs is 1. The van der Waals surface area contributed by atoms with E-state index in [1.165, 1.54) is 12.0 Å². The lowest BCUT2D eigenvalue weighted by atomic mass is 10.2. The first kappa shape index (κ1) is 19.2. The Hall–Kier alpha value is -2.58. The maximum atomic E-state index is 12.7. The topological polar surface area (TPSA) is 89.3 Å². The Morgan fingerprint density at radius 1 is 1.15 bits per heavy atom. The van der Waals surface area contributed by atoms with Gasteiger partial charge in [-0.2, -0.15) is 0 Å². The molecule has 8 nitrogen and oxygen atoms in total. The van der Waals surface area contributed by atoms with Crippen LogP contribution in [0, 0.1) is 0 Å². The van der Waals surface area contributed by atoms with E-state index in [4.69, 9.17) is 9.47 Å². The lowest BCUT2D eigenvalue weighted by Crippen LogP contribution is -3.28. The van der Waals surface area contributed by atoms with Crippen molar-refractivity contribution in [3.05, 3.63) is 23.9 Å². The number of benzene rings is 1. The van der Waals surface area contributed by atoms with Crippen molar-refractivity contribution in [1.29, 1.82) is 0 Å². The van der Waals surface area contributed by atoms with Crippen LogP contribution in [0.2, 0.25) is 0 Å². The number of nitrogens with one attached hydrogen (secondary N) is 4. The van der Waals surface area contributed by atoms with E-state index in [0.717, 1.165) is 32.7 Å². The number of rotatable bonds is 6. The van der Waals surface area contributed by atoms with Crippen LogP contribution in [0.25, 0.3) is 10.9 Å². The van der Waals surface area contributed by atoms with E-state index < -0.39 is 5.97 Å². The van der Waals surface area contributed by atoms with Gasteiger partial charge in [-0.3, -0.25) is 4.79 Å². The fraction of sp³-hybridized carbons (Fsp3) is 0.474. The minimum absolute atomic E-state index is 0.123. The summed E-state index contributed by atoms with van der Waals surface area (Å²) >= 11 is 0. The second kappa shape index (κ2) is 8.41. The number of hydrogen-bond donors (Lipinski definition) is 4. The molecule has 1 aromatic heterocycles. The van der Waals surface area contributed by atoms with Crippen LogP contribution < -0.4 is 19.9 Å². The van der Waals surface area contributed by atoms with E-state index in [1.54, 1.807) is 18.1 Å². The zero-order chi connectivity index (χ0) is 19.4. The summed E-state index contributed by atoms with van der Waals surface area (Å²) in [6.07, 6.45) is 0. The Bertz CT molecular complexity index is 824. The van der Waals surface area contributed by atoms with Gasteiger partial charge in [0.05, 0.1) is 37.4 Å². The number of esters is 1. The molecule has 0 radical (unpaired) electrons. The summed E-state index contributed by atoms with van der Waals surface area (Å²) in [4.78, 5) is 30.8. The lowest BCUT2D eigenvalue weighted by molar-refractivity contribution is -1.01. The number of ether oxygens (including phenoxy) is 2. The van der Waals surface area contributed by atoms with Gasteiger partial charge in [0.25, 0.3) is 5.91 Å². The van der Waals surface area contributed by atoms with Crippen molar-refractivity contribution in [3.8, 4) is 5.75 Å². The highest BCUT2D eigenvalue weighted by Crippen LogP contribution is 2.35. The summed E-state index contributed by atoms with van der Waals surface area (Å²) in [7, 11) is 2.88. The average molecular weight is 376 g/mol. The Labute approximate surface area is 158 Å². The van der Waals surface area contributed by atoms with E-state index in [-0.39, 0.29) is 11.6 Å². The van der Waals surface area contributed by atoms with Crippen LogP contribution in [-0.4, -0.2) is 70.3 Å². The molecular weight excluding hydrogens is 348 g/mol. The second-order valence-electron chi connectivity index (χ2n) is 6.83. The predicted molar refractivity (Wildman–Crippen MR) is 102 cm³/mol. The molecule has 27 heavy (non-hydrogen) atoms. The van der Waals surface area contributed by atoms with Crippen molar-refractivity contribution < 1.29 is 28.9 Å². The van der Waals surface area contributed by atoms with E-state index in [0.29, 0.717) is 28.9 Å². The molecule has 1 aromatic carbocycles. The molecule has 1 fully saturated rings. The number of likely N-dealkylation sites (N-methyl/N-ethyl adjacent to an activating group) is 1. The fourth-order valence-corrected chi connectivity index (χ4v) is 3.66. The van der Waals surface area contributed by atoms with Gasteiger partial charge in [0, 0.05) is 0 Å². The summed E-state index contributed by atoms with van der Waals surface area (Å²) in [5.74, 6) is -0.0697. The third-order valence-electron chi connectivity index (χ3n) is 5.23. The monoisotopic (exact) mass is 376 g/mol. The highest BCUT2D eigenvalue weighted by Gasteiger charge is 2.26. The molecule has 1 saturated heterocycles. The van der Waals surface area contributed by atoms with Gasteiger partial charge in [-0.05, 0) is 19.1 Å². The van der Waals surface area contributed by atoms with Crippen LogP contribution in [-0.2, 0) is 9.53 Å². The zero-order valence-electron chi connectivity index (χ0n) is 16.1.